The summed E-state index contributed by atoms with van der Waals surface area (Å²) in [5.41, 5.74) is -1.01. The van der Waals surface area contributed by atoms with E-state index >= 15 is 0 Å². The van der Waals surface area contributed by atoms with Crippen molar-refractivity contribution in [2.45, 2.75) is 151 Å². The fraction of sp³-hybridized carbons (Fsp3) is 0.241. The van der Waals surface area contributed by atoms with Crippen LogP contribution in [-0.2, 0) is 37.3 Å². The van der Waals surface area contributed by atoms with E-state index in [1.54, 1.807) is 12.1 Å². The van der Waals surface area contributed by atoms with E-state index in [9.17, 15) is 26.9 Å². The molecule has 1 saturated heterocycles. The van der Waals surface area contributed by atoms with Crippen LogP contribution < -0.4 is 60.6 Å². The molecule has 0 aliphatic carbocycles. The van der Waals surface area contributed by atoms with E-state index in [0.717, 1.165) is 47.1 Å². The van der Waals surface area contributed by atoms with E-state index in [1.165, 1.54) is 77.2 Å². The van der Waals surface area contributed by atoms with Gasteiger partial charge in [-0.1, -0.05) is 135 Å². The maximum absolute atomic E-state index is 13.9. The zero-order valence-electron chi connectivity index (χ0n) is 60.6. The fourth-order valence-electron chi connectivity index (χ4n) is 8.16. The second-order valence-corrected chi connectivity index (χ2v) is 38.8. The number of halogens is 9. The molecule has 10 aromatic rings. The molecule has 1 aliphatic rings. The first kappa shape index (κ1) is 95.7. The van der Waals surface area contributed by atoms with Crippen LogP contribution in [0.5, 0.6) is 23.0 Å². The Hall–Kier alpha value is -4.30. The van der Waals surface area contributed by atoms with Crippen molar-refractivity contribution in [1.82, 2.24) is 0 Å². The number of hydrogen-bond donors (Lipinski definition) is 1. The van der Waals surface area contributed by atoms with E-state index < -0.39 is 40.5 Å². The predicted molar refractivity (Wildman–Crippen MR) is 406 cm³/mol. The minimum Gasteiger partial charge on any atom is -1.00 e. The van der Waals surface area contributed by atoms with Crippen LogP contribution in [0.15, 0.2) is 298 Å². The second-order valence-electron chi connectivity index (χ2n) is 24.9. The smallest absolute Gasteiger partial charge is 1.00 e. The molecule has 1 heterocycles. The quantitative estimate of drug-likeness (QED) is 0.0457. The molecule has 0 unspecified atom stereocenters. The van der Waals surface area contributed by atoms with Crippen molar-refractivity contribution in [2.24, 2.45) is 0 Å². The van der Waals surface area contributed by atoms with Crippen molar-refractivity contribution in [2.75, 3.05) is 13.2 Å². The fourth-order valence-corrected chi connectivity index (χ4v) is 13.8. The van der Waals surface area contributed by atoms with Gasteiger partial charge >= 0.3 is 46.1 Å². The van der Waals surface area contributed by atoms with Gasteiger partial charge in [-0.25, -0.2) is 21.8 Å². The molecule has 0 aromatic heterocycles. The zero-order chi connectivity index (χ0) is 69.6. The standard InChI is InChI=1S/C22H22FOS.C18H13FOS.C12H10OS.C10H12BrFO.C10H12FO.C4H8O.C3H9ClSi.2BrH.ClH.2Mg.2H/c1-22(2,3)24-20-16-17(23)14-15-21(20)25(18-10-6-4-7-11-18)19-12-8-5-9-13-19;19-14-11-12-18(17(20)13-14)21(15-7-3-1-4-8-15)16-9-5-2-6-10-16;13-14(11-7-3-1-4-8-11)12-9-5-2-6-10-12;1-10(2,3)13-9-6-7(12)4-5-8(9)11;1-10(2,3)12-9-6-4-5-8(11)7-9;1-2-4-5-3-1;1-5(2,3)4;;;;;;;/h4-16H,1-3H3;1-13H;1-10H;4-6H,1-3H3;4-5,7H,1-3H3;1-4H2;1-3H3;3*1H;;;;/q+1;;;;-1;;;;;;2*+2;2*-1/p-2. The summed E-state index contributed by atoms with van der Waals surface area (Å²) in [6, 6.07) is 79.9. The molecule has 11 rings (SSSR count). The van der Waals surface area contributed by atoms with Gasteiger partial charge < -0.3 is 73.3 Å². The summed E-state index contributed by atoms with van der Waals surface area (Å²) in [4.78, 5) is 7.95. The van der Waals surface area contributed by atoms with Gasteiger partial charge in [-0.05, 0) is 188 Å². The maximum atomic E-state index is 13.9. The van der Waals surface area contributed by atoms with E-state index in [-0.39, 0.29) is 141 Å². The van der Waals surface area contributed by atoms with Gasteiger partial charge in [-0.15, -0.1) is 12.1 Å². The van der Waals surface area contributed by atoms with Gasteiger partial charge in [-0.2, -0.15) is 17.1 Å². The van der Waals surface area contributed by atoms with Gasteiger partial charge in [0.2, 0.25) is 9.79 Å². The Labute approximate surface area is 676 Å². The molecule has 530 valence electrons. The Morgan fingerprint density at radius 3 is 1.13 bits per heavy atom. The third-order valence-electron chi connectivity index (χ3n) is 11.8. The van der Waals surface area contributed by atoms with Crippen molar-refractivity contribution in [3.05, 3.63) is 289 Å². The molecule has 0 radical (unpaired) electrons. The Morgan fingerprint density at radius 1 is 0.480 bits per heavy atom. The van der Waals surface area contributed by atoms with Crippen molar-refractivity contribution < 1.29 is 95.0 Å². The van der Waals surface area contributed by atoms with Crippen LogP contribution in [0.3, 0.4) is 0 Å². The largest absolute Gasteiger partial charge is 2.00 e. The maximum Gasteiger partial charge on any atom is 2.00 e. The number of rotatable bonds is 11. The van der Waals surface area contributed by atoms with Crippen LogP contribution in [0.25, 0.3) is 0 Å². The minimum atomic E-state index is -1.14. The van der Waals surface area contributed by atoms with Gasteiger partial charge in [0.25, 0.3) is 0 Å². The molecule has 10 aromatic carbocycles. The molecule has 6 nitrogen and oxygen atoms in total. The van der Waals surface area contributed by atoms with Gasteiger partial charge in [0.1, 0.15) is 63.6 Å². The van der Waals surface area contributed by atoms with Crippen LogP contribution in [0.4, 0.5) is 17.6 Å². The third-order valence-corrected chi connectivity index (χ3v) is 18.4. The number of hydrogen-bond acceptors (Lipinski definition) is 6. The predicted octanol–water partition coefficient (Wildman–Crippen LogP) is 13.5. The zero-order valence-corrected chi connectivity index (χ0v) is 71.2. The van der Waals surface area contributed by atoms with Gasteiger partial charge in [0, 0.05) is 64.9 Å². The van der Waals surface area contributed by atoms with Crippen LogP contribution in [-0.4, -0.2) is 92.8 Å². The molecule has 1 fully saturated rings. The van der Waals surface area contributed by atoms with E-state index in [1.807, 2.05) is 226 Å². The Balaban J connectivity index is -0.00000117. The molecule has 0 saturated carbocycles. The molecule has 0 spiro atoms. The van der Waals surface area contributed by atoms with Crippen molar-refractivity contribution in [3.63, 3.8) is 0 Å². The average Bonchev–Trinajstić information content (AvgIpc) is 0.927. The van der Waals surface area contributed by atoms with Crippen LogP contribution in [0.2, 0.25) is 19.6 Å². The summed E-state index contributed by atoms with van der Waals surface area (Å²) >= 11 is 8.96. The van der Waals surface area contributed by atoms with E-state index in [4.69, 9.17) is 30.0 Å². The summed E-state index contributed by atoms with van der Waals surface area (Å²) in [5, 5.41) is 10.2. The first-order valence-corrected chi connectivity index (χ1v) is 39.8. The number of phenols is 1. The van der Waals surface area contributed by atoms with Gasteiger partial charge in [0.15, 0.2) is 31.1 Å². The molecule has 100 heavy (non-hydrogen) atoms. The number of aromatic hydroxyl groups is 1. The van der Waals surface area contributed by atoms with E-state index in [0.29, 0.717) is 17.2 Å². The summed E-state index contributed by atoms with van der Waals surface area (Å²) in [5.74, 6) is 0.272. The molecular weight excluding hydrogens is 1600 g/mol. The van der Waals surface area contributed by atoms with Crippen molar-refractivity contribution in [3.8, 4) is 23.0 Å². The van der Waals surface area contributed by atoms with E-state index in [2.05, 4.69) is 65.9 Å². The summed E-state index contributed by atoms with van der Waals surface area (Å²) in [6.45, 7) is 25.7. The van der Waals surface area contributed by atoms with Crippen LogP contribution in [0, 0.1) is 29.3 Å². The van der Waals surface area contributed by atoms with Crippen LogP contribution >= 0.6 is 27.0 Å². The monoisotopic (exact) mass is 1690 g/mol. The summed E-state index contributed by atoms with van der Waals surface area (Å²) < 4.78 is 87.3. The molecule has 1 aliphatic heterocycles. The summed E-state index contributed by atoms with van der Waals surface area (Å²) in [6.07, 6.45) is 2.56. The molecule has 1 N–H and O–H groups in total. The molecule has 0 bridgehead atoms. The molecule has 0 atom stereocenters. The SMILES string of the molecule is C1CCOC1.CC(C)(C)Oc1[c-]ccc(F)c1.CC(C)(C)Oc1cc(F)ccc1Br.CC(C)(C)Oc1cc(F)ccc1[S+](c1ccccc1)c1ccccc1.C[Si](C)(C)Cl.O=S(c1ccccc1)c1ccccc1.Oc1cc(F)ccc1[S+](c1ccccc1)c1ccccc1.[Br-].[Br-].[Cl-].[H-].[H-].[Mg+2].[Mg+2]. The topological polar surface area (TPSA) is 74.2 Å². The number of benzene rings is 10. The molecular formula is C79H89Br3Cl2F4Mg2O6S3Si. The Kier molecular flexibility index (Phi) is 46.6. The number of ether oxygens (including phenoxy) is 4. The first-order chi connectivity index (χ1) is 44.9. The van der Waals surface area contributed by atoms with Gasteiger partial charge in [0.05, 0.1) is 20.9 Å². The normalized spacial score (nSPS) is 11.2. The van der Waals surface area contributed by atoms with Gasteiger partial charge in [-0.3, -0.25) is 0 Å². The average molecular weight is 1690 g/mol. The number of phenolic OH excluding ortho intramolecular Hbond substituents is 1. The van der Waals surface area contributed by atoms with Crippen molar-refractivity contribution >= 4 is 113 Å². The Bertz CT molecular complexity index is 3750. The molecule has 21 heteroatoms. The third kappa shape index (κ3) is 38.5. The summed E-state index contributed by atoms with van der Waals surface area (Å²) in [7, 11) is -3.00. The van der Waals surface area contributed by atoms with Crippen LogP contribution in [0.1, 0.15) is 78.0 Å². The Morgan fingerprint density at radius 2 is 0.790 bits per heavy atom. The van der Waals surface area contributed by atoms with Crippen molar-refractivity contribution in [1.29, 1.82) is 0 Å². The first-order valence-electron chi connectivity index (χ1n) is 30.9. The molecule has 0 amide bonds. The second kappa shape index (κ2) is 48.7. The minimum absolute atomic E-state index is 0.